The van der Waals surface area contributed by atoms with Crippen LogP contribution in [0, 0.1) is 0 Å². The number of benzene rings is 2. The molecule has 0 aliphatic rings. The molecule has 2 rings (SSSR count). The van der Waals surface area contributed by atoms with Gasteiger partial charge >= 0.3 is 0 Å². The van der Waals surface area contributed by atoms with E-state index < -0.39 is 0 Å². The normalized spacial score (nSPS) is 10.5. The van der Waals surface area contributed by atoms with E-state index in [0.29, 0.717) is 0 Å². The Balaban J connectivity index is 2.36. The van der Waals surface area contributed by atoms with Crippen molar-refractivity contribution in [2.75, 3.05) is 13.9 Å². The monoisotopic (exact) mass is 266 g/mol. The Kier molecular flexibility index (Phi) is 3.23. The first-order valence-electron chi connectivity index (χ1n) is 4.60. The zero-order valence-corrected chi connectivity index (χ0v) is 9.95. The average Bonchev–Trinajstić information content (AvgIpc) is 2.25. The van der Waals surface area contributed by atoms with Crippen LogP contribution in [0.4, 0.5) is 0 Å². The van der Waals surface area contributed by atoms with Gasteiger partial charge in [-0.2, -0.15) is 0 Å². The third-order valence-corrected chi connectivity index (χ3v) is 2.61. The molecule has 0 spiro atoms. The fourth-order valence-electron chi connectivity index (χ4n) is 1.41. The van der Waals surface area contributed by atoms with E-state index in [1.165, 1.54) is 5.39 Å². The maximum absolute atomic E-state index is 5.37. The van der Waals surface area contributed by atoms with E-state index in [1.54, 1.807) is 7.11 Å². The number of ether oxygens (including phenoxy) is 2. The quantitative estimate of drug-likeness (QED) is 0.791. The minimum atomic E-state index is 0.277. The van der Waals surface area contributed by atoms with Crippen LogP contribution in [0.3, 0.4) is 0 Å². The molecule has 0 radical (unpaired) electrons. The second kappa shape index (κ2) is 4.64. The van der Waals surface area contributed by atoms with E-state index in [1.807, 2.05) is 24.3 Å². The summed E-state index contributed by atoms with van der Waals surface area (Å²) in [6, 6.07) is 12.1. The van der Waals surface area contributed by atoms with Crippen molar-refractivity contribution in [3.63, 3.8) is 0 Å². The predicted octanol–water partition coefficient (Wildman–Crippen LogP) is 3.59. The molecule has 0 aromatic heterocycles. The molecule has 0 amide bonds. The summed E-state index contributed by atoms with van der Waals surface area (Å²) in [6.07, 6.45) is 0. The smallest absolute Gasteiger partial charge is 0.188 e. The van der Waals surface area contributed by atoms with Crippen molar-refractivity contribution in [1.82, 2.24) is 0 Å². The van der Waals surface area contributed by atoms with Gasteiger partial charge in [0.15, 0.2) is 6.79 Å². The lowest BCUT2D eigenvalue weighted by Gasteiger charge is -2.05. The van der Waals surface area contributed by atoms with Crippen molar-refractivity contribution in [3.8, 4) is 5.75 Å². The Morgan fingerprint density at radius 3 is 2.67 bits per heavy atom. The molecule has 78 valence electrons. The van der Waals surface area contributed by atoms with Crippen LogP contribution in [0.5, 0.6) is 5.75 Å². The van der Waals surface area contributed by atoms with Crippen molar-refractivity contribution in [2.45, 2.75) is 0 Å². The summed E-state index contributed by atoms with van der Waals surface area (Å²) >= 11 is 3.44. The average molecular weight is 267 g/mol. The van der Waals surface area contributed by atoms with Crippen LogP contribution in [0.1, 0.15) is 0 Å². The third kappa shape index (κ3) is 2.49. The molecule has 0 heterocycles. The standard InChI is InChI=1S/C12H11BrO2/c1-14-8-15-12-5-3-9-2-4-11(13)6-10(9)7-12/h2-7H,8H2,1H3. The maximum Gasteiger partial charge on any atom is 0.188 e. The summed E-state index contributed by atoms with van der Waals surface area (Å²) in [5.41, 5.74) is 0. The molecule has 0 saturated heterocycles. The second-order valence-corrected chi connectivity index (χ2v) is 4.12. The van der Waals surface area contributed by atoms with Gasteiger partial charge in [0, 0.05) is 11.6 Å². The SMILES string of the molecule is COCOc1ccc2ccc(Br)cc2c1. The summed E-state index contributed by atoms with van der Waals surface area (Å²) in [5.74, 6) is 0.822. The molecule has 0 saturated carbocycles. The van der Waals surface area contributed by atoms with Crippen LogP contribution < -0.4 is 4.74 Å². The summed E-state index contributed by atoms with van der Waals surface area (Å²) in [5, 5.41) is 2.35. The number of rotatable bonds is 3. The molecule has 0 fully saturated rings. The highest BCUT2D eigenvalue weighted by molar-refractivity contribution is 9.10. The second-order valence-electron chi connectivity index (χ2n) is 3.20. The van der Waals surface area contributed by atoms with Crippen molar-refractivity contribution in [1.29, 1.82) is 0 Å². The predicted molar refractivity (Wildman–Crippen MR) is 64.2 cm³/mol. The summed E-state index contributed by atoms with van der Waals surface area (Å²) in [4.78, 5) is 0. The molecule has 0 aliphatic heterocycles. The fourth-order valence-corrected chi connectivity index (χ4v) is 1.79. The largest absolute Gasteiger partial charge is 0.468 e. The lowest BCUT2D eigenvalue weighted by Crippen LogP contribution is -1.98. The van der Waals surface area contributed by atoms with Gasteiger partial charge in [-0.25, -0.2) is 0 Å². The van der Waals surface area contributed by atoms with Crippen molar-refractivity contribution in [3.05, 3.63) is 40.9 Å². The number of fused-ring (bicyclic) bond motifs is 1. The minimum Gasteiger partial charge on any atom is -0.468 e. The lowest BCUT2D eigenvalue weighted by atomic mass is 10.1. The molecule has 2 aromatic rings. The van der Waals surface area contributed by atoms with Crippen LogP contribution in [-0.4, -0.2) is 13.9 Å². The first-order valence-corrected chi connectivity index (χ1v) is 5.40. The summed E-state index contributed by atoms with van der Waals surface area (Å²) in [6.45, 7) is 0.277. The Morgan fingerprint density at radius 2 is 1.87 bits per heavy atom. The van der Waals surface area contributed by atoms with Crippen molar-refractivity contribution < 1.29 is 9.47 Å². The van der Waals surface area contributed by atoms with Crippen LogP contribution in [0.15, 0.2) is 40.9 Å². The molecule has 0 atom stereocenters. The first kappa shape index (κ1) is 10.5. The van der Waals surface area contributed by atoms with E-state index in [2.05, 4.69) is 28.1 Å². The zero-order valence-electron chi connectivity index (χ0n) is 8.37. The van der Waals surface area contributed by atoms with Crippen molar-refractivity contribution in [2.24, 2.45) is 0 Å². The topological polar surface area (TPSA) is 18.5 Å². The van der Waals surface area contributed by atoms with Gasteiger partial charge in [-0.3, -0.25) is 0 Å². The Labute approximate surface area is 96.9 Å². The molecule has 3 heteroatoms. The number of halogens is 1. The van der Waals surface area contributed by atoms with Gasteiger partial charge in [-0.15, -0.1) is 0 Å². The highest BCUT2D eigenvalue weighted by atomic mass is 79.9. The summed E-state index contributed by atoms with van der Waals surface area (Å²) in [7, 11) is 1.61. The summed E-state index contributed by atoms with van der Waals surface area (Å²) < 4.78 is 11.3. The Bertz CT molecular complexity index is 468. The minimum absolute atomic E-state index is 0.277. The van der Waals surface area contributed by atoms with E-state index in [0.717, 1.165) is 15.6 Å². The van der Waals surface area contributed by atoms with E-state index >= 15 is 0 Å². The Hall–Kier alpha value is -1.06. The van der Waals surface area contributed by atoms with E-state index in [-0.39, 0.29) is 6.79 Å². The molecular formula is C12H11BrO2. The molecule has 0 aliphatic carbocycles. The molecule has 2 nitrogen and oxygen atoms in total. The maximum atomic E-state index is 5.37. The van der Waals surface area contributed by atoms with Crippen LogP contribution >= 0.6 is 15.9 Å². The first-order chi connectivity index (χ1) is 7.29. The van der Waals surface area contributed by atoms with Crippen LogP contribution in [-0.2, 0) is 4.74 Å². The fraction of sp³-hybridized carbons (Fsp3) is 0.167. The molecular weight excluding hydrogens is 256 g/mol. The molecule has 15 heavy (non-hydrogen) atoms. The Morgan fingerprint density at radius 1 is 1.07 bits per heavy atom. The molecule has 2 aromatic carbocycles. The van der Waals surface area contributed by atoms with Gasteiger partial charge < -0.3 is 9.47 Å². The van der Waals surface area contributed by atoms with E-state index in [4.69, 9.17) is 9.47 Å². The molecule has 0 bridgehead atoms. The van der Waals surface area contributed by atoms with Crippen LogP contribution in [0.25, 0.3) is 10.8 Å². The van der Waals surface area contributed by atoms with Crippen LogP contribution in [0.2, 0.25) is 0 Å². The third-order valence-electron chi connectivity index (χ3n) is 2.12. The van der Waals surface area contributed by atoms with Crippen molar-refractivity contribution >= 4 is 26.7 Å². The molecule has 0 unspecified atom stereocenters. The van der Waals surface area contributed by atoms with Gasteiger partial charge in [0.2, 0.25) is 0 Å². The van der Waals surface area contributed by atoms with Gasteiger partial charge in [-0.05, 0) is 35.0 Å². The van der Waals surface area contributed by atoms with E-state index in [9.17, 15) is 0 Å². The number of hydrogen-bond acceptors (Lipinski definition) is 2. The lowest BCUT2D eigenvalue weighted by molar-refractivity contribution is 0.0512. The van der Waals surface area contributed by atoms with Gasteiger partial charge in [-0.1, -0.05) is 28.1 Å². The van der Waals surface area contributed by atoms with Gasteiger partial charge in [0.1, 0.15) is 5.75 Å². The number of methoxy groups -OCH3 is 1. The molecule has 0 N–H and O–H groups in total. The zero-order chi connectivity index (χ0) is 10.7. The highest BCUT2D eigenvalue weighted by Gasteiger charge is 1.97. The van der Waals surface area contributed by atoms with Gasteiger partial charge in [0.05, 0.1) is 0 Å². The number of hydrogen-bond donors (Lipinski definition) is 0. The van der Waals surface area contributed by atoms with Gasteiger partial charge in [0.25, 0.3) is 0 Å². The highest BCUT2D eigenvalue weighted by Crippen LogP contribution is 2.24.